The summed E-state index contributed by atoms with van der Waals surface area (Å²) in [6.07, 6.45) is 0. The first-order valence-electron chi connectivity index (χ1n) is 5.55. The standard InChI is InChI=1S/C12H17N3O/c1-8-3-4-11(9(2)14-8)12(16)15-6-10(5-13)7-15/h3-4,10H,5-7,13H2,1-2H3. The molecule has 2 N–H and O–H groups in total. The topological polar surface area (TPSA) is 59.2 Å². The van der Waals surface area contributed by atoms with Crippen molar-refractivity contribution in [2.24, 2.45) is 11.7 Å². The molecule has 0 aromatic carbocycles. The summed E-state index contributed by atoms with van der Waals surface area (Å²) in [6.45, 7) is 6.02. The summed E-state index contributed by atoms with van der Waals surface area (Å²) in [6, 6.07) is 3.73. The molecule has 1 amide bonds. The lowest BCUT2D eigenvalue weighted by atomic mass is 9.99. The van der Waals surface area contributed by atoms with E-state index in [2.05, 4.69) is 4.98 Å². The predicted octanol–water partition coefficient (Wildman–Crippen LogP) is 0.729. The number of nitrogens with two attached hydrogens (primary N) is 1. The fourth-order valence-corrected chi connectivity index (χ4v) is 1.97. The zero-order valence-electron chi connectivity index (χ0n) is 9.73. The zero-order chi connectivity index (χ0) is 11.7. The highest BCUT2D eigenvalue weighted by Gasteiger charge is 2.30. The summed E-state index contributed by atoms with van der Waals surface area (Å²) < 4.78 is 0. The Kier molecular flexibility index (Phi) is 2.92. The van der Waals surface area contributed by atoms with Crippen molar-refractivity contribution in [3.8, 4) is 0 Å². The van der Waals surface area contributed by atoms with Gasteiger partial charge in [-0.3, -0.25) is 9.78 Å². The molecule has 1 saturated heterocycles. The maximum absolute atomic E-state index is 12.1. The first-order chi connectivity index (χ1) is 7.61. The molecule has 0 unspecified atom stereocenters. The van der Waals surface area contributed by atoms with Crippen LogP contribution in [0.2, 0.25) is 0 Å². The summed E-state index contributed by atoms with van der Waals surface area (Å²) in [5.41, 5.74) is 7.99. The van der Waals surface area contributed by atoms with Crippen LogP contribution in [0.25, 0.3) is 0 Å². The molecule has 1 fully saturated rings. The molecule has 0 saturated carbocycles. The molecule has 1 aromatic heterocycles. The molecule has 4 nitrogen and oxygen atoms in total. The van der Waals surface area contributed by atoms with Gasteiger partial charge in [-0.05, 0) is 32.5 Å². The quantitative estimate of drug-likeness (QED) is 0.797. The Balaban J connectivity index is 2.10. The van der Waals surface area contributed by atoms with Crippen molar-refractivity contribution in [3.63, 3.8) is 0 Å². The number of hydrogen-bond donors (Lipinski definition) is 1. The summed E-state index contributed by atoms with van der Waals surface area (Å²) >= 11 is 0. The predicted molar refractivity (Wildman–Crippen MR) is 62.2 cm³/mol. The number of aryl methyl sites for hydroxylation is 2. The van der Waals surface area contributed by atoms with Gasteiger partial charge in [0.1, 0.15) is 0 Å². The molecule has 1 aromatic rings. The normalized spacial score (nSPS) is 16.1. The van der Waals surface area contributed by atoms with Gasteiger partial charge >= 0.3 is 0 Å². The summed E-state index contributed by atoms with van der Waals surface area (Å²) in [5.74, 6) is 0.553. The molecule has 16 heavy (non-hydrogen) atoms. The molecule has 2 rings (SSSR count). The molecule has 0 atom stereocenters. The number of carbonyl (C=O) groups is 1. The van der Waals surface area contributed by atoms with E-state index in [0.29, 0.717) is 18.0 Å². The van der Waals surface area contributed by atoms with Crippen LogP contribution in [-0.2, 0) is 0 Å². The Morgan fingerprint density at radius 2 is 2.19 bits per heavy atom. The monoisotopic (exact) mass is 219 g/mol. The van der Waals surface area contributed by atoms with Crippen molar-refractivity contribution >= 4 is 5.91 Å². The minimum Gasteiger partial charge on any atom is -0.338 e. The van der Waals surface area contributed by atoms with Gasteiger partial charge < -0.3 is 10.6 Å². The van der Waals surface area contributed by atoms with E-state index in [1.54, 1.807) is 0 Å². The highest BCUT2D eigenvalue weighted by molar-refractivity contribution is 5.95. The van der Waals surface area contributed by atoms with Gasteiger partial charge in [-0.2, -0.15) is 0 Å². The molecule has 1 aliphatic rings. The fourth-order valence-electron chi connectivity index (χ4n) is 1.97. The fraction of sp³-hybridized carbons (Fsp3) is 0.500. The molecule has 1 aliphatic heterocycles. The van der Waals surface area contributed by atoms with Crippen LogP contribution in [0.15, 0.2) is 12.1 Å². The van der Waals surface area contributed by atoms with Crippen LogP contribution in [0.1, 0.15) is 21.7 Å². The second-order valence-electron chi connectivity index (χ2n) is 4.40. The Morgan fingerprint density at radius 1 is 1.50 bits per heavy atom. The van der Waals surface area contributed by atoms with E-state index in [9.17, 15) is 4.79 Å². The van der Waals surface area contributed by atoms with Crippen molar-refractivity contribution < 1.29 is 4.79 Å². The number of nitrogens with zero attached hydrogens (tertiary/aromatic N) is 2. The Labute approximate surface area is 95.5 Å². The smallest absolute Gasteiger partial charge is 0.255 e. The lowest BCUT2D eigenvalue weighted by molar-refractivity contribution is 0.0514. The summed E-state index contributed by atoms with van der Waals surface area (Å²) in [4.78, 5) is 18.2. The molecular formula is C12H17N3O. The SMILES string of the molecule is Cc1ccc(C(=O)N2CC(CN)C2)c(C)n1. The Bertz CT molecular complexity index is 411. The molecule has 0 bridgehead atoms. The number of rotatable bonds is 2. The van der Waals surface area contributed by atoms with Crippen LogP contribution >= 0.6 is 0 Å². The minimum absolute atomic E-state index is 0.0784. The maximum Gasteiger partial charge on any atom is 0.255 e. The Morgan fingerprint density at radius 3 is 2.75 bits per heavy atom. The van der Waals surface area contributed by atoms with Crippen molar-refractivity contribution in [1.29, 1.82) is 0 Å². The number of hydrogen-bond acceptors (Lipinski definition) is 3. The third-order valence-electron chi connectivity index (χ3n) is 3.03. The third-order valence-corrected chi connectivity index (χ3v) is 3.03. The van der Waals surface area contributed by atoms with Gasteiger partial charge in [0.05, 0.1) is 11.3 Å². The van der Waals surface area contributed by atoms with E-state index in [1.165, 1.54) is 0 Å². The van der Waals surface area contributed by atoms with Gasteiger partial charge in [0.25, 0.3) is 5.91 Å². The molecule has 0 radical (unpaired) electrons. The molecule has 2 heterocycles. The van der Waals surface area contributed by atoms with E-state index in [4.69, 9.17) is 5.73 Å². The highest BCUT2D eigenvalue weighted by Crippen LogP contribution is 2.18. The average molecular weight is 219 g/mol. The van der Waals surface area contributed by atoms with E-state index in [1.807, 2.05) is 30.9 Å². The molecule has 86 valence electrons. The van der Waals surface area contributed by atoms with Crippen LogP contribution in [0.3, 0.4) is 0 Å². The second kappa shape index (κ2) is 4.22. The molecular weight excluding hydrogens is 202 g/mol. The van der Waals surface area contributed by atoms with Gasteiger partial charge in [0.2, 0.25) is 0 Å². The number of aromatic nitrogens is 1. The van der Waals surface area contributed by atoms with Gasteiger partial charge in [0, 0.05) is 24.7 Å². The van der Waals surface area contributed by atoms with Gasteiger partial charge in [-0.25, -0.2) is 0 Å². The lowest BCUT2D eigenvalue weighted by Crippen LogP contribution is -2.52. The van der Waals surface area contributed by atoms with E-state index < -0.39 is 0 Å². The van der Waals surface area contributed by atoms with Crippen molar-refractivity contribution in [2.75, 3.05) is 19.6 Å². The third kappa shape index (κ3) is 1.93. The summed E-state index contributed by atoms with van der Waals surface area (Å²) in [7, 11) is 0. The van der Waals surface area contributed by atoms with Crippen LogP contribution in [-0.4, -0.2) is 35.4 Å². The van der Waals surface area contributed by atoms with Crippen molar-refractivity contribution in [3.05, 3.63) is 29.1 Å². The first-order valence-corrected chi connectivity index (χ1v) is 5.55. The minimum atomic E-state index is 0.0784. The van der Waals surface area contributed by atoms with E-state index in [0.717, 1.165) is 24.5 Å². The van der Waals surface area contributed by atoms with Gasteiger partial charge in [0.15, 0.2) is 0 Å². The van der Waals surface area contributed by atoms with Crippen LogP contribution in [0, 0.1) is 19.8 Å². The van der Waals surface area contributed by atoms with Crippen LogP contribution in [0.4, 0.5) is 0 Å². The largest absolute Gasteiger partial charge is 0.338 e. The zero-order valence-corrected chi connectivity index (χ0v) is 9.73. The van der Waals surface area contributed by atoms with E-state index >= 15 is 0 Å². The van der Waals surface area contributed by atoms with Gasteiger partial charge in [-0.1, -0.05) is 0 Å². The number of pyridine rings is 1. The maximum atomic E-state index is 12.1. The summed E-state index contributed by atoms with van der Waals surface area (Å²) in [5, 5.41) is 0. The Hall–Kier alpha value is -1.42. The van der Waals surface area contributed by atoms with Gasteiger partial charge in [-0.15, -0.1) is 0 Å². The van der Waals surface area contributed by atoms with Crippen LogP contribution in [0.5, 0.6) is 0 Å². The first kappa shape index (κ1) is 11.1. The molecule has 4 heteroatoms. The van der Waals surface area contributed by atoms with E-state index in [-0.39, 0.29) is 5.91 Å². The number of likely N-dealkylation sites (tertiary alicyclic amines) is 1. The van der Waals surface area contributed by atoms with Crippen LogP contribution < -0.4 is 5.73 Å². The molecule has 0 spiro atoms. The lowest BCUT2D eigenvalue weighted by Gasteiger charge is -2.38. The number of carbonyl (C=O) groups excluding carboxylic acids is 1. The second-order valence-corrected chi connectivity index (χ2v) is 4.40. The molecule has 0 aliphatic carbocycles. The highest BCUT2D eigenvalue weighted by atomic mass is 16.2. The van der Waals surface area contributed by atoms with Crippen molar-refractivity contribution in [1.82, 2.24) is 9.88 Å². The van der Waals surface area contributed by atoms with Crippen molar-refractivity contribution in [2.45, 2.75) is 13.8 Å². The number of amides is 1. The average Bonchev–Trinajstić information content (AvgIpc) is 2.15.